The lowest BCUT2D eigenvalue weighted by atomic mass is 10.1. The first-order valence-electron chi connectivity index (χ1n) is 9.83. The third kappa shape index (κ3) is 4.74. The summed E-state index contributed by atoms with van der Waals surface area (Å²) in [5.41, 5.74) is 5.28. The summed E-state index contributed by atoms with van der Waals surface area (Å²) in [6, 6.07) is 8.51. The normalized spacial score (nSPS) is 12.3. The van der Waals surface area contributed by atoms with Crippen LogP contribution in [-0.2, 0) is 4.79 Å². The summed E-state index contributed by atoms with van der Waals surface area (Å²) in [7, 11) is 1.82. The van der Waals surface area contributed by atoms with Crippen LogP contribution >= 0.6 is 0 Å². The molecule has 3 aromatic rings. The first kappa shape index (κ1) is 21.6. The van der Waals surface area contributed by atoms with E-state index in [9.17, 15) is 9.18 Å². The molecule has 0 saturated heterocycles. The van der Waals surface area contributed by atoms with Crippen molar-refractivity contribution >= 4 is 11.6 Å². The lowest BCUT2D eigenvalue weighted by Gasteiger charge is -2.21. The monoisotopic (exact) mass is 410 g/mol. The highest BCUT2D eigenvalue weighted by molar-refractivity contribution is 5.93. The zero-order valence-corrected chi connectivity index (χ0v) is 18.2. The molecule has 0 fully saturated rings. The topological polar surface area (TPSA) is 71.3 Å². The van der Waals surface area contributed by atoms with Crippen LogP contribution in [0.1, 0.15) is 41.1 Å². The van der Waals surface area contributed by atoms with Crippen LogP contribution in [-0.4, -0.2) is 34.5 Å². The number of benzene rings is 2. The van der Waals surface area contributed by atoms with Crippen molar-refractivity contribution in [2.75, 3.05) is 18.9 Å². The molecular weight excluding hydrogens is 383 g/mol. The quantitative estimate of drug-likeness (QED) is 0.635. The van der Waals surface area contributed by atoms with Gasteiger partial charge in [-0.3, -0.25) is 9.69 Å². The number of hydrogen-bond acceptors (Lipinski definition) is 5. The largest absolute Gasteiger partial charge is 0.337 e. The molecule has 158 valence electrons. The number of amides is 1. The van der Waals surface area contributed by atoms with Gasteiger partial charge in [0.2, 0.25) is 17.6 Å². The fourth-order valence-electron chi connectivity index (χ4n) is 3.41. The highest BCUT2D eigenvalue weighted by Gasteiger charge is 2.22. The first-order chi connectivity index (χ1) is 14.2. The predicted octanol–water partition coefficient (Wildman–Crippen LogP) is 4.74. The predicted molar refractivity (Wildman–Crippen MR) is 115 cm³/mol. The van der Waals surface area contributed by atoms with Gasteiger partial charge in [0.05, 0.1) is 12.6 Å². The Balaban J connectivity index is 1.67. The minimum atomic E-state index is -0.277. The Morgan fingerprint density at radius 1 is 1.13 bits per heavy atom. The van der Waals surface area contributed by atoms with E-state index in [1.807, 2.05) is 51.8 Å². The molecule has 7 heteroatoms. The third-order valence-corrected chi connectivity index (χ3v) is 5.21. The van der Waals surface area contributed by atoms with Gasteiger partial charge in [-0.2, -0.15) is 4.98 Å². The summed E-state index contributed by atoms with van der Waals surface area (Å²) in [6.45, 7) is 9.75. The molecule has 1 aromatic heterocycles. The van der Waals surface area contributed by atoms with E-state index in [0.29, 0.717) is 22.8 Å². The maximum atomic E-state index is 13.5. The van der Waals surface area contributed by atoms with Gasteiger partial charge in [0.15, 0.2) is 0 Å². The zero-order valence-electron chi connectivity index (χ0n) is 18.2. The van der Waals surface area contributed by atoms with Crippen molar-refractivity contribution in [3.05, 3.63) is 64.3 Å². The second-order valence-electron chi connectivity index (χ2n) is 7.83. The molecule has 1 unspecified atom stereocenters. The second-order valence-corrected chi connectivity index (χ2v) is 7.83. The number of halogens is 1. The minimum absolute atomic E-state index is 0.117. The van der Waals surface area contributed by atoms with Crippen LogP contribution in [0.2, 0.25) is 0 Å². The molecule has 0 bridgehead atoms. The Morgan fingerprint density at radius 3 is 2.43 bits per heavy atom. The fourth-order valence-corrected chi connectivity index (χ4v) is 3.41. The SMILES string of the molecule is Cc1cc(C)c(NC(=O)CN(C)C(C)c2nc(-c3ccc(F)c(C)c3)no2)c(C)c1. The van der Waals surface area contributed by atoms with Crippen LogP contribution in [0, 0.1) is 33.5 Å². The Labute approximate surface area is 176 Å². The van der Waals surface area contributed by atoms with Crippen LogP contribution < -0.4 is 5.32 Å². The molecule has 1 amide bonds. The van der Waals surface area contributed by atoms with Crippen LogP contribution in [0.4, 0.5) is 10.1 Å². The van der Waals surface area contributed by atoms with Crippen molar-refractivity contribution in [1.82, 2.24) is 15.0 Å². The van der Waals surface area contributed by atoms with Crippen molar-refractivity contribution < 1.29 is 13.7 Å². The van der Waals surface area contributed by atoms with Gasteiger partial charge < -0.3 is 9.84 Å². The molecule has 1 heterocycles. The van der Waals surface area contributed by atoms with Gasteiger partial charge in [-0.05, 0) is 76.6 Å². The molecule has 0 saturated carbocycles. The van der Waals surface area contributed by atoms with Gasteiger partial charge in [-0.15, -0.1) is 0 Å². The highest BCUT2D eigenvalue weighted by Crippen LogP contribution is 2.24. The number of nitrogens with zero attached hydrogens (tertiary/aromatic N) is 3. The number of likely N-dealkylation sites (N-methyl/N-ethyl adjacent to an activating group) is 1. The Morgan fingerprint density at radius 2 is 1.80 bits per heavy atom. The summed E-state index contributed by atoms with van der Waals surface area (Å²) < 4.78 is 18.9. The summed E-state index contributed by atoms with van der Waals surface area (Å²) in [6.07, 6.45) is 0. The van der Waals surface area contributed by atoms with E-state index in [-0.39, 0.29) is 24.3 Å². The van der Waals surface area contributed by atoms with Crippen LogP contribution in [0.5, 0.6) is 0 Å². The number of aryl methyl sites for hydroxylation is 4. The number of anilines is 1. The van der Waals surface area contributed by atoms with Crippen LogP contribution in [0.3, 0.4) is 0 Å². The summed E-state index contributed by atoms with van der Waals surface area (Å²) in [5.74, 6) is 0.391. The molecule has 6 nitrogen and oxygen atoms in total. The zero-order chi connectivity index (χ0) is 22.0. The molecule has 3 rings (SSSR count). The third-order valence-electron chi connectivity index (χ3n) is 5.21. The average Bonchev–Trinajstić information content (AvgIpc) is 3.16. The molecule has 0 aliphatic carbocycles. The summed E-state index contributed by atoms with van der Waals surface area (Å²) >= 11 is 0. The maximum absolute atomic E-state index is 13.5. The molecule has 0 aliphatic heterocycles. The lowest BCUT2D eigenvalue weighted by molar-refractivity contribution is -0.117. The standard InChI is InChI=1S/C23H27FN4O2/c1-13-9-15(3)21(16(4)10-13)25-20(29)12-28(6)17(5)23-26-22(27-30-23)18-7-8-19(24)14(2)11-18/h7-11,17H,12H2,1-6H3,(H,25,29). The van der Waals surface area contributed by atoms with E-state index in [2.05, 4.69) is 15.5 Å². The van der Waals surface area contributed by atoms with E-state index in [1.54, 1.807) is 19.1 Å². The lowest BCUT2D eigenvalue weighted by Crippen LogP contribution is -2.32. The fraction of sp³-hybridized carbons (Fsp3) is 0.348. The molecule has 1 N–H and O–H groups in total. The van der Waals surface area contributed by atoms with Crippen molar-refractivity contribution in [1.29, 1.82) is 0 Å². The Hall–Kier alpha value is -3.06. The van der Waals surface area contributed by atoms with Crippen molar-refractivity contribution in [2.24, 2.45) is 0 Å². The number of rotatable bonds is 6. The van der Waals surface area contributed by atoms with Crippen molar-refractivity contribution in [3.8, 4) is 11.4 Å². The summed E-state index contributed by atoms with van der Waals surface area (Å²) in [5, 5.41) is 7.01. The van der Waals surface area contributed by atoms with Gasteiger partial charge in [0, 0.05) is 11.3 Å². The average molecular weight is 410 g/mol. The van der Waals surface area contributed by atoms with Gasteiger partial charge in [0.1, 0.15) is 5.82 Å². The molecule has 2 aromatic carbocycles. The Kier molecular flexibility index (Phi) is 6.31. The van der Waals surface area contributed by atoms with E-state index in [1.165, 1.54) is 6.07 Å². The van der Waals surface area contributed by atoms with E-state index in [0.717, 1.165) is 22.4 Å². The molecule has 1 atom stereocenters. The number of hydrogen-bond donors (Lipinski definition) is 1. The molecular formula is C23H27FN4O2. The molecule has 0 aliphatic rings. The highest BCUT2D eigenvalue weighted by atomic mass is 19.1. The number of nitrogens with one attached hydrogen (secondary N) is 1. The van der Waals surface area contributed by atoms with E-state index in [4.69, 9.17) is 4.52 Å². The van der Waals surface area contributed by atoms with Gasteiger partial charge in [-0.1, -0.05) is 22.9 Å². The molecule has 0 radical (unpaired) electrons. The smallest absolute Gasteiger partial charge is 0.244 e. The van der Waals surface area contributed by atoms with Crippen molar-refractivity contribution in [3.63, 3.8) is 0 Å². The second kappa shape index (κ2) is 8.75. The van der Waals surface area contributed by atoms with Crippen LogP contribution in [0.25, 0.3) is 11.4 Å². The number of carbonyl (C=O) groups is 1. The van der Waals surface area contributed by atoms with Crippen LogP contribution in [0.15, 0.2) is 34.9 Å². The maximum Gasteiger partial charge on any atom is 0.244 e. The minimum Gasteiger partial charge on any atom is -0.337 e. The molecule has 0 spiro atoms. The molecule has 30 heavy (non-hydrogen) atoms. The van der Waals surface area contributed by atoms with Gasteiger partial charge in [-0.25, -0.2) is 4.39 Å². The van der Waals surface area contributed by atoms with Crippen molar-refractivity contribution in [2.45, 2.75) is 40.7 Å². The van der Waals surface area contributed by atoms with E-state index >= 15 is 0 Å². The van der Waals surface area contributed by atoms with Gasteiger partial charge >= 0.3 is 0 Å². The van der Waals surface area contributed by atoms with Gasteiger partial charge in [0.25, 0.3) is 0 Å². The van der Waals surface area contributed by atoms with E-state index < -0.39 is 0 Å². The summed E-state index contributed by atoms with van der Waals surface area (Å²) in [4.78, 5) is 18.9. The number of carbonyl (C=O) groups excluding carboxylic acids is 1. The number of aromatic nitrogens is 2. The Bertz CT molecular complexity index is 1050. The first-order valence-corrected chi connectivity index (χ1v) is 9.83.